The summed E-state index contributed by atoms with van der Waals surface area (Å²) < 4.78 is 0. The van der Waals surface area contributed by atoms with Crippen LogP contribution in [0, 0.1) is 0 Å². The second-order valence-corrected chi connectivity index (χ2v) is 8.34. The Labute approximate surface area is 173 Å². The Morgan fingerprint density at radius 3 is 2.64 bits per heavy atom. The fourth-order valence-corrected chi connectivity index (χ4v) is 4.46. The molecule has 28 heavy (non-hydrogen) atoms. The molecule has 0 radical (unpaired) electrons. The van der Waals surface area contributed by atoms with Crippen LogP contribution in [0.1, 0.15) is 48.2 Å². The molecule has 1 aliphatic heterocycles. The van der Waals surface area contributed by atoms with Gasteiger partial charge in [0.2, 0.25) is 0 Å². The Kier molecular flexibility index (Phi) is 8.30. The summed E-state index contributed by atoms with van der Waals surface area (Å²) in [5, 5.41) is 8.06. The first-order chi connectivity index (χ1) is 13.8. The van der Waals surface area contributed by atoms with Crippen LogP contribution in [0.4, 0.5) is 0 Å². The maximum atomic E-state index is 4.92. The summed E-state index contributed by atoms with van der Waals surface area (Å²) in [7, 11) is 0. The quantitative estimate of drug-likeness (QED) is 0.499. The third kappa shape index (κ3) is 6.04. The van der Waals surface area contributed by atoms with Crippen molar-refractivity contribution in [3.05, 3.63) is 52.0 Å². The molecule has 0 saturated carbocycles. The highest BCUT2D eigenvalue weighted by molar-refractivity contribution is 7.11. The number of nitrogens with one attached hydrogen (secondary N) is 2. The molecule has 1 atom stereocenters. The minimum absolute atomic E-state index is 0.352. The van der Waals surface area contributed by atoms with Crippen LogP contribution in [-0.2, 0) is 12.8 Å². The van der Waals surface area contributed by atoms with Gasteiger partial charge >= 0.3 is 0 Å². The largest absolute Gasteiger partial charge is 0.357 e. The van der Waals surface area contributed by atoms with Crippen molar-refractivity contribution in [1.82, 2.24) is 20.5 Å². The summed E-state index contributed by atoms with van der Waals surface area (Å²) in [6.45, 7) is 9.11. The maximum absolute atomic E-state index is 4.92. The van der Waals surface area contributed by atoms with E-state index < -0.39 is 0 Å². The van der Waals surface area contributed by atoms with Gasteiger partial charge in [-0.3, -0.25) is 9.89 Å². The smallest absolute Gasteiger partial charge is 0.191 e. The van der Waals surface area contributed by atoms with Crippen LogP contribution in [0.15, 0.2) is 41.5 Å². The van der Waals surface area contributed by atoms with Crippen molar-refractivity contribution in [2.45, 2.75) is 45.6 Å². The number of hydrogen-bond donors (Lipinski definition) is 2. The molecule has 2 N–H and O–H groups in total. The molecule has 0 bridgehead atoms. The van der Waals surface area contributed by atoms with Crippen molar-refractivity contribution < 1.29 is 0 Å². The second kappa shape index (κ2) is 11.2. The Bertz CT molecular complexity index is 722. The molecule has 3 rings (SSSR count). The number of rotatable bonds is 9. The zero-order valence-corrected chi connectivity index (χ0v) is 18.0. The standard InChI is InChI=1S/C22H33N5S/c1-3-19-16-25-21(28-19)12-13-24-22(23-4-2)26-17-20(27-14-8-9-15-27)18-10-6-5-7-11-18/h5-7,10-11,16,20H,3-4,8-9,12-15,17H2,1-2H3,(H2,23,24,26). The molecule has 1 fully saturated rings. The van der Waals surface area contributed by atoms with E-state index in [0.29, 0.717) is 6.04 Å². The molecule has 5 nitrogen and oxygen atoms in total. The van der Waals surface area contributed by atoms with Gasteiger partial charge in [0.25, 0.3) is 0 Å². The number of likely N-dealkylation sites (tertiary alicyclic amines) is 1. The van der Waals surface area contributed by atoms with Crippen molar-refractivity contribution >= 4 is 17.3 Å². The highest BCUT2D eigenvalue weighted by Gasteiger charge is 2.23. The molecular weight excluding hydrogens is 366 g/mol. The van der Waals surface area contributed by atoms with E-state index in [9.17, 15) is 0 Å². The predicted octanol–water partition coefficient (Wildman–Crippen LogP) is 3.64. The number of aliphatic imine (C=N–C) groups is 1. The van der Waals surface area contributed by atoms with Crippen LogP contribution in [0.25, 0.3) is 0 Å². The van der Waals surface area contributed by atoms with Crippen molar-refractivity contribution in [2.75, 3.05) is 32.7 Å². The van der Waals surface area contributed by atoms with Crippen molar-refractivity contribution in [1.29, 1.82) is 0 Å². The number of thiazole rings is 1. The zero-order valence-electron chi connectivity index (χ0n) is 17.2. The number of aryl methyl sites for hydroxylation is 1. The molecule has 1 aliphatic rings. The van der Waals surface area contributed by atoms with Gasteiger partial charge in [-0.1, -0.05) is 37.3 Å². The second-order valence-electron chi connectivity index (χ2n) is 7.14. The first kappa shape index (κ1) is 20.8. The van der Waals surface area contributed by atoms with Gasteiger partial charge in [0.15, 0.2) is 5.96 Å². The molecule has 1 unspecified atom stereocenters. The van der Waals surface area contributed by atoms with Crippen molar-refractivity contribution in [3.8, 4) is 0 Å². The number of hydrogen-bond acceptors (Lipinski definition) is 4. The van der Waals surface area contributed by atoms with Crippen molar-refractivity contribution in [3.63, 3.8) is 0 Å². The average molecular weight is 400 g/mol. The van der Waals surface area contributed by atoms with E-state index >= 15 is 0 Å². The molecule has 1 aromatic carbocycles. The Morgan fingerprint density at radius 2 is 1.96 bits per heavy atom. The minimum atomic E-state index is 0.352. The highest BCUT2D eigenvalue weighted by atomic mass is 32.1. The summed E-state index contributed by atoms with van der Waals surface area (Å²) in [4.78, 5) is 13.4. The lowest BCUT2D eigenvalue weighted by Gasteiger charge is -2.27. The molecule has 1 saturated heterocycles. The predicted molar refractivity (Wildman–Crippen MR) is 119 cm³/mol. The van der Waals surface area contributed by atoms with E-state index in [1.54, 1.807) is 0 Å². The third-order valence-electron chi connectivity index (χ3n) is 5.11. The molecule has 2 aromatic rings. The third-order valence-corrected chi connectivity index (χ3v) is 6.31. The van der Waals surface area contributed by atoms with Crippen molar-refractivity contribution in [2.24, 2.45) is 4.99 Å². The van der Waals surface area contributed by atoms with Gasteiger partial charge in [-0.25, -0.2) is 4.98 Å². The lowest BCUT2D eigenvalue weighted by atomic mass is 10.1. The molecule has 0 spiro atoms. The average Bonchev–Trinajstić information content (AvgIpc) is 3.41. The van der Waals surface area contributed by atoms with Gasteiger partial charge in [-0.2, -0.15) is 0 Å². The molecule has 2 heterocycles. The normalized spacial score (nSPS) is 16.3. The SMILES string of the molecule is CCNC(=NCC(c1ccccc1)N1CCCC1)NCCc1ncc(CC)s1. The molecule has 0 aliphatic carbocycles. The summed E-state index contributed by atoms with van der Waals surface area (Å²) in [6.07, 6.45) is 6.58. The fraction of sp³-hybridized carbons (Fsp3) is 0.545. The zero-order chi connectivity index (χ0) is 19.6. The van der Waals surface area contributed by atoms with Gasteiger partial charge in [0.05, 0.1) is 17.6 Å². The van der Waals surface area contributed by atoms with Gasteiger partial charge in [0, 0.05) is 30.6 Å². The summed E-state index contributed by atoms with van der Waals surface area (Å²) in [5.74, 6) is 0.898. The molecule has 1 aromatic heterocycles. The Balaban J connectivity index is 1.60. The first-order valence-corrected chi connectivity index (χ1v) is 11.4. The maximum Gasteiger partial charge on any atom is 0.191 e. The van der Waals surface area contributed by atoms with E-state index in [0.717, 1.165) is 38.4 Å². The van der Waals surface area contributed by atoms with E-state index in [-0.39, 0.29) is 0 Å². The summed E-state index contributed by atoms with van der Waals surface area (Å²) in [6, 6.07) is 11.2. The number of nitrogens with zero attached hydrogens (tertiary/aromatic N) is 3. The first-order valence-electron chi connectivity index (χ1n) is 10.5. The molecule has 0 amide bonds. The van der Waals surface area contributed by atoms with Crippen LogP contribution in [0.2, 0.25) is 0 Å². The van der Waals surface area contributed by atoms with Gasteiger partial charge in [0.1, 0.15) is 0 Å². The van der Waals surface area contributed by atoms with Crippen LogP contribution in [0.5, 0.6) is 0 Å². The number of guanidine groups is 1. The Hall–Kier alpha value is -1.92. The lowest BCUT2D eigenvalue weighted by molar-refractivity contribution is 0.251. The van der Waals surface area contributed by atoms with E-state index in [1.807, 2.05) is 17.5 Å². The number of aromatic nitrogens is 1. The molecule has 152 valence electrons. The minimum Gasteiger partial charge on any atom is -0.357 e. The number of benzene rings is 1. The summed E-state index contributed by atoms with van der Waals surface area (Å²) >= 11 is 1.81. The monoisotopic (exact) mass is 399 g/mol. The highest BCUT2D eigenvalue weighted by Crippen LogP contribution is 2.25. The molecular formula is C22H33N5S. The lowest BCUT2D eigenvalue weighted by Crippen LogP contribution is -2.39. The fourth-order valence-electron chi connectivity index (χ4n) is 3.59. The summed E-state index contributed by atoms with van der Waals surface area (Å²) in [5.41, 5.74) is 1.36. The van der Waals surface area contributed by atoms with E-state index in [1.165, 1.54) is 41.4 Å². The topological polar surface area (TPSA) is 52.6 Å². The van der Waals surface area contributed by atoms with Crippen LogP contribution >= 0.6 is 11.3 Å². The van der Waals surface area contributed by atoms with Crippen LogP contribution in [0.3, 0.4) is 0 Å². The van der Waals surface area contributed by atoms with Gasteiger partial charge in [-0.05, 0) is 44.8 Å². The van der Waals surface area contributed by atoms with Crippen LogP contribution < -0.4 is 10.6 Å². The van der Waals surface area contributed by atoms with Crippen LogP contribution in [-0.4, -0.2) is 48.6 Å². The van der Waals surface area contributed by atoms with Gasteiger partial charge in [-0.15, -0.1) is 11.3 Å². The van der Waals surface area contributed by atoms with E-state index in [2.05, 4.69) is 64.7 Å². The molecule has 6 heteroatoms. The van der Waals surface area contributed by atoms with Gasteiger partial charge < -0.3 is 10.6 Å². The Morgan fingerprint density at radius 1 is 1.18 bits per heavy atom. The van der Waals surface area contributed by atoms with E-state index in [4.69, 9.17) is 4.99 Å².